The number of nitrogens with zero attached hydrogens (tertiary/aromatic N) is 2. The van der Waals surface area contributed by atoms with E-state index < -0.39 is 5.60 Å². The van der Waals surface area contributed by atoms with Gasteiger partial charge >= 0.3 is 0 Å². The molecule has 0 spiro atoms. The first-order chi connectivity index (χ1) is 16.2. The summed E-state index contributed by atoms with van der Waals surface area (Å²) in [5, 5.41) is 0.525. The first-order valence-electron chi connectivity index (χ1n) is 11.1. The van der Waals surface area contributed by atoms with E-state index >= 15 is 0 Å². The number of anilines is 2. The quantitative estimate of drug-likeness (QED) is 0.503. The van der Waals surface area contributed by atoms with E-state index in [4.69, 9.17) is 16.3 Å². The van der Waals surface area contributed by atoms with Crippen LogP contribution in [0.1, 0.15) is 40.1 Å². The average Bonchev–Trinajstić information content (AvgIpc) is 3.26. The summed E-state index contributed by atoms with van der Waals surface area (Å²) in [5.74, 6) is -0.293. The normalized spacial score (nSPS) is 16.0. The van der Waals surface area contributed by atoms with Gasteiger partial charge in [0.2, 0.25) is 0 Å². The Balaban J connectivity index is 1.49. The summed E-state index contributed by atoms with van der Waals surface area (Å²) in [5.41, 5.74) is 2.16. The molecule has 6 nitrogen and oxygen atoms in total. The average molecular weight is 475 g/mol. The highest BCUT2D eigenvalue weighted by atomic mass is 35.5. The second kappa shape index (κ2) is 8.29. The van der Waals surface area contributed by atoms with Crippen LogP contribution in [0.3, 0.4) is 0 Å². The molecule has 2 aliphatic heterocycles. The van der Waals surface area contributed by atoms with E-state index in [-0.39, 0.29) is 24.1 Å². The summed E-state index contributed by atoms with van der Waals surface area (Å²) in [4.78, 5) is 42.8. The van der Waals surface area contributed by atoms with Gasteiger partial charge in [0.15, 0.2) is 11.4 Å². The van der Waals surface area contributed by atoms with Crippen molar-refractivity contribution >= 4 is 40.6 Å². The van der Waals surface area contributed by atoms with Gasteiger partial charge in [0.05, 0.1) is 12.2 Å². The van der Waals surface area contributed by atoms with Gasteiger partial charge in [0.1, 0.15) is 5.75 Å². The van der Waals surface area contributed by atoms with Crippen molar-refractivity contribution in [2.75, 3.05) is 22.9 Å². The summed E-state index contributed by atoms with van der Waals surface area (Å²) in [6.45, 7) is 3.75. The summed E-state index contributed by atoms with van der Waals surface area (Å²) < 4.78 is 5.94. The molecule has 5 rings (SSSR count). The number of Topliss-reactive ketones (excluding diaryl/α,β-unsaturated/α-hetero) is 1. The Bertz CT molecular complexity index is 1320. The highest BCUT2D eigenvalue weighted by molar-refractivity contribution is 6.30. The number of amides is 2. The maximum Gasteiger partial charge on any atom is 0.271 e. The number of carbonyl (C=O) groups is 3. The standard InChI is InChI=1S/C27H23ClN2O4/c1-27(2)26(33)30(16-23(31)18-7-10-20(28)11-8-18)22-15-19(9-12-24(22)34-27)25(32)29-14-13-17-5-3-4-6-21(17)29/h3-12,15H,13-14,16H2,1-2H3. The number of fused-ring (bicyclic) bond motifs is 2. The Morgan fingerprint density at radius 1 is 0.971 bits per heavy atom. The molecule has 0 fully saturated rings. The molecule has 3 aromatic rings. The fourth-order valence-corrected chi connectivity index (χ4v) is 4.56. The van der Waals surface area contributed by atoms with Gasteiger partial charge < -0.3 is 9.64 Å². The minimum Gasteiger partial charge on any atom is -0.476 e. The van der Waals surface area contributed by atoms with Gasteiger partial charge in [-0.2, -0.15) is 0 Å². The predicted molar refractivity (Wildman–Crippen MR) is 131 cm³/mol. The maximum absolute atomic E-state index is 13.4. The van der Waals surface area contributed by atoms with Crippen LogP contribution in [-0.4, -0.2) is 36.3 Å². The number of halogens is 1. The molecule has 0 N–H and O–H groups in total. The van der Waals surface area contributed by atoms with Gasteiger partial charge in [-0.15, -0.1) is 0 Å². The Hall–Kier alpha value is -3.64. The number of carbonyl (C=O) groups excluding carboxylic acids is 3. The smallest absolute Gasteiger partial charge is 0.271 e. The van der Waals surface area contributed by atoms with Crippen LogP contribution in [-0.2, 0) is 11.2 Å². The van der Waals surface area contributed by atoms with Crippen LogP contribution < -0.4 is 14.5 Å². The van der Waals surface area contributed by atoms with Gasteiger partial charge in [-0.3, -0.25) is 19.3 Å². The molecule has 0 saturated heterocycles. The Morgan fingerprint density at radius 2 is 1.68 bits per heavy atom. The molecule has 0 aromatic heterocycles. The summed E-state index contributed by atoms with van der Waals surface area (Å²) >= 11 is 5.94. The van der Waals surface area contributed by atoms with Crippen molar-refractivity contribution in [3.05, 3.63) is 88.4 Å². The molecule has 7 heteroatoms. The number of hydrogen-bond donors (Lipinski definition) is 0. The predicted octanol–water partition coefficient (Wildman–Crippen LogP) is 4.93. The number of para-hydroxylation sites is 1. The molecule has 2 heterocycles. The molecule has 0 saturated carbocycles. The Labute approximate surface area is 202 Å². The van der Waals surface area contributed by atoms with Crippen molar-refractivity contribution < 1.29 is 19.1 Å². The fourth-order valence-electron chi connectivity index (χ4n) is 4.43. The molecular weight excluding hydrogens is 452 g/mol. The highest BCUT2D eigenvalue weighted by Gasteiger charge is 2.42. The topological polar surface area (TPSA) is 66.9 Å². The van der Waals surface area contributed by atoms with E-state index in [1.807, 2.05) is 24.3 Å². The summed E-state index contributed by atoms with van der Waals surface area (Å²) in [7, 11) is 0. The summed E-state index contributed by atoms with van der Waals surface area (Å²) in [6, 6.07) is 19.4. The van der Waals surface area contributed by atoms with Crippen molar-refractivity contribution in [2.24, 2.45) is 0 Å². The summed E-state index contributed by atoms with van der Waals surface area (Å²) in [6.07, 6.45) is 0.796. The van der Waals surface area contributed by atoms with E-state index in [1.165, 1.54) is 4.90 Å². The number of ketones is 1. The van der Waals surface area contributed by atoms with Crippen LogP contribution in [0.5, 0.6) is 5.75 Å². The molecule has 3 aromatic carbocycles. The molecule has 34 heavy (non-hydrogen) atoms. The SMILES string of the molecule is CC1(C)Oc2ccc(C(=O)N3CCc4ccccc43)cc2N(CC(=O)c2ccc(Cl)cc2)C1=O. The number of rotatable bonds is 4. The molecule has 0 bridgehead atoms. The number of ether oxygens (including phenoxy) is 1. The number of benzene rings is 3. The third-order valence-electron chi connectivity index (χ3n) is 6.22. The Morgan fingerprint density at radius 3 is 2.44 bits per heavy atom. The highest BCUT2D eigenvalue weighted by Crippen LogP contribution is 2.39. The maximum atomic E-state index is 13.4. The molecule has 2 amide bonds. The van der Waals surface area contributed by atoms with Crippen molar-refractivity contribution in [3.8, 4) is 5.75 Å². The van der Waals surface area contributed by atoms with E-state index in [0.717, 1.165) is 17.7 Å². The van der Waals surface area contributed by atoms with Crippen LogP contribution in [0.15, 0.2) is 66.7 Å². The second-order valence-electron chi connectivity index (χ2n) is 8.95. The van der Waals surface area contributed by atoms with Crippen LogP contribution in [0.25, 0.3) is 0 Å². The van der Waals surface area contributed by atoms with Gasteiger partial charge in [-0.05, 0) is 74.4 Å². The van der Waals surface area contributed by atoms with E-state index in [2.05, 4.69) is 0 Å². The Kier molecular flexibility index (Phi) is 5.41. The first-order valence-corrected chi connectivity index (χ1v) is 11.5. The van der Waals surface area contributed by atoms with E-state index in [1.54, 1.807) is 61.2 Å². The van der Waals surface area contributed by atoms with Crippen molar-refractivity contribution in [3.63, 3.8) is 0 Å². The molecule has 0 aliphatic carbocycles. The lowest BCUT2D eigenvalue weighted by molar-refractivity contribution is -0.132. The fraction of sp³-hybridized carbons (Fsp3) is 0.222. The van der Waals surface area contributed by atoms with Crippen LogP contribution in [0.4, 0.5) is 11.4 Å². The molecule has 2 aliphatic rings. The number of hydrogen-bond acceptors (Lipinski definition) is 4. The van der Waals surface area contributed by atoms with Crippen LogP contribution >= 0.6 is 11.6 Å². The lowest BCUT2D eigenvalue weighted by Crippen LogP contribution is -2.54. The lowest BCUT2D eigenvalue weighted by Gasteiger charge is -2.38. The monoisotopic (exact) mass is 474 g/mol. The molecule has 172 valence electrons. The lowest BCUT2D eigenvalue weighted by atomic mass is 10.0. The van der Waals surface area contributed by atoms with Crippen LogP contribution in [0.2, 0.25) is 5.02 Å². The van der Waals surface area contributed by atoms with Gasteiger partial charge in [-0.1, -0.05) is 29.8 Å². The third kappa shape index (κ3) is 3.84. The second-order valence-corrected chi connectivity index (χ2v) is 9.39. The molecule has 0 radical (unpaired) electrons. The largest absolute Gasteiger partial charge is 0.476 e. The minimum atomic E-state index is -1.15. The minimum absolute atomic E-state index is 0.158. The van der Waals surface area contributed by atoms with E-state index in [9.17, 15) is 14.4 Å². The zero-order valence-electron chi connectivity index (χ0n) is 18.9. The van der Waals surface area contributed by atoms with Crippen molar-refractivity contribution in [2.45, 2.75) is 25.9 Å². The van der Waals surface area contributed by atoms with Crippen LogP contribution in [0, 0.1) is 0 Å². The zero-order valence-corrected chi connectivity index (χ0v) is 19.6. The first kappa shape index (κ1) is 22.2. The zero-order chi connectivity index (χ0) is 24.0. The molecular formula is C27H23ClN2O4. The van der Waals surface area contributed by atoms with Gasteiger partial charge in [-0.25, -0.2) is 0 Å². The van der Waals surface area contributed by atoms with Crippen molar-refractivity contribution in [1.29, 1.82) is 0 Å². The van der Waals surface area contributed by atoms with Gasteiger partial charge in [0.25, 0.3) is 11.8 Å². The van der Waals surface area contributed by atoms with E-state index in [0.29, 0.717) is 34.1 Å². The molecule has 0 atom stereocenters. The van der Waals surface area contributed by atoms with Gasteiger partial charge in [0, 0.05) is 28.4 Å². The molecule has 0 unspecified atom stereocenters. The third-order valence-corrected chi connectivity index (χ3v) is 6.47. The van der Waals surface area contributed by atoms with Crippen molar-refractivity contribution in [1.82, 2.24) is 0 Å².